The molecule has 1 fully saturated rings. The Hall–Kier alpha value is -1.94. The van der Waals surface area contributed by atoms with Crippen LogP contribution in [0.2, 0.25) is 0 Å². The number of rotatable bonds is 16. The molecule has 1 heterocycles. The second-order valence-corrected chi connectivity index (χ2v) is 14.2. The SMILES string of the molecule is CSSCOC1C[C@H](N(/C=C(/C#CCNC(=O)OCCSSCCNC(=O)OC(C)(C)C)C=O)C(N)=O)O[C@@H]1CO. The Labute approximate surface area is 256 Å². The van der Waals surface area contributed by atoms with Gasteiger partial charge in [-0.05, 0) is 27.0 Å². The maximum absolute atomic E-state index is 12.0. The van der Waals surface area contributed by atoms with Gasteiger partial charge in [0.1, 0.15) is 30.5 Å². The van der Waals surface area contributed by atoms with Gasteiger partial charge in [0.25, 0.3) is 0 Å². The number of aliphatic hydroxyl groups excluding tert-OH is 1. The van der Waals surface area contributed by atoms with E-state index < -0.39 is 42.3 Å². The highest BCUT2D eigenvalue weighted by molar-refractivity contribution is 8.76. The van der Waals surface area contributed by atoms with Crippen LogP contribution in [0.4, 0.5) is 14.4 Å². The van der Waals surface area contributed by atoms with Crippen molar-refractivity contribution < 1.29 is 43.2 Å². The lowest BCUT2D eigenvalue weighted by Crippen LogP contribution is -2.40. The zero-order chi connectivity index (χ0) is 30.7. The lowest BCUT2D eigenvalue weighted by Gasteiger charge is -2.23. The van der Waals surface area contributed by atoms with E-state index in [4.69, 9.17) is 24.7 Å². The van der Waals surface area contributed by atoms with Crippen LogP contribution in [0.15, 0.2) is 11.8 Å². The minimum Gasteiger partial charge on any atom is -0.449 e. The Balaban J connectivity index is 2.39. The molecule has 4 amide bonds. The fraction of sp³-hybridized carbons (Fsp3) is 0.667. The first kappa shape index (κ1) is 37.1. The van der Waals surface area contributed by atoms with Crippen LogP contribution in [-0.2, 0) is 23.7 Å². The molecule has 0 aromatic heterocycles. The van der Waals surface area contributed by atoms with Crippen molar-refractivity contribution in [1.29, 1.82) is 0 Å². The molecule has 1 aliphatic rings. The first-order valence-electron chi connectivity index (χ1n) is 12.4. The number of nitrogens with two attached hydrogens (primary N) is 1. The van der Waals surface area contributed by atoms with Crippen molar-refractivity contribution in [3.05, 3.63) is 11.8 Å². The molecule has 1 unspecified atom stereocenters. The third kappa shape index (κ3) is 16.9. The zero-order valence-electron chi connectivity index (χ0n) is 23.4. The van der Waals surface area contributed by atoms with E-state index in [9.17, 15) is 24.3 Å². The molecule has 17 heteroatoms. The first-order chi connectivity index (χ1) is 19.5. The fourth-order valence-electron chi connectivity index (χ4n) is 3.01. The van der Waals surface area contributed by atoms with Crippen LogP contribution in [0, 0.1) is 11.8 Å². The number of aldehydes is 1. The van der Waals surface area contributed by atoms with Gasteiger partial charge in [0.15, 0.2) is 6.29 Å². The van der Waals surface area contributed by atoms with Gasteiger partial charge in [0, 0.05) is 30.7 Å². The van der Waals surface area contributed by atoms with Crippen LogP contribution < -0.4 is 16.4 Å². The number of carbonyl (C=O) groups is 4. The monoisotopic (exact) mass is 654 g/mol. The minimum absolute atomic E-state index is 0.0694. The highest BCUT2D eigenvalue weighted by Crippen LogP contribution is 2.28. The van der Waals surface area contributed by atoms with Gasteiger partial charge in [-0.15, -0.1) is 0 Å². The molecule has 0 radical (unpaired) electrons. The summed E-state index contributed by atoms with van der Waals surface area (Å²) in [6.45, 7) is 5.58. The van der Waals surface area contributed by atoms with Crippen LogP contribution >= 0.6 is 43.2 Å². The largest absolute Gasteiger partial charge is 0.449 e. The van der Waals surface area contributed by atoms with E-state index in [1.54, 1.807) is 20.8 Å². The normalized spacial score (nSPS) is 18.6. The Morgan fingerprint density at radius 2 is 1.90 bits per heavy atom. The first-order valence-corrected chi connectivity index (χ1v) is 17.6. The Bertz CT molecular complexity index is 940. The molecule has 13 nitrogen and oxygen atoms in total. The van der Waals surface area contributed by atoms with Gasteiger partial charge < -0.3 is 40.4 Å². The van der Waals surface area contributed by atoms with Crippen LogP contribution in [0.5, 0.6) is 0 Å². The summed E-state index contributed by atoms with van der Waals surface area (Å²) in [7, 11) is 6.02. The lowest BCUT2D eigenvalue weighted by atomic mass is 10.2. The lowest BCUT2D eigenvalue weighted by molar-refractivity contribution is -0.104. The van der Waals surface area contributed by atoms with Crippen LogP contribution in [-0.4, -0.2) is 109 Å². The summed E-state index contributed by atoms with van der Waals surface area (Å²) < 4.78 is 21.6. The summed E-state index contributed by atoms with van der Waals surface area (Å²) in [6, 6.07) is -0.871. The van der Waals surface area contributed by atoms with Crippen LogP contribution in [0.1, 0.15) is 27.2 Å². The van der Waals surface area contributed by atoms with Crippen molar-refractivity contribution in [2.45, 2.75) is 51.2 Å². The number of urea groups is 1. The standard InChI is InChI=1S/C24H38N4O9S4/c1-24(2,3)37-23(33)27-8-10-39-40-11-9-34-22(32)26-7-5-6-17(14-29)13-28(21(25)31)20-12-18(19(15-30)36-20)35-16-41-38-4/h13-14,18-20,30H,7-12,15-16H2,1-4H3,(H2,25,31)(H,26,32)(H,27,33)/b17-13-/t18?,19-,20-/m1/s1. The number of ether oxygens (including phenoxy) is 4. The van der Waals surface area contributed by atoms with Gasteiger partial charge in [0.05, 0.1) is 24.8 Å². The highest BCUT2D eigenvalue weighted by atomic mass is 33.1. The Kier molecular flexibility index (Phi) is 18.9. The average Bonchev–Trinajstić information content (AvgIpc) is 3.31. The average molecular weight is 655 g/mol. The zero-order valence-corrected chi connectivity index (χ0v) is 26.7. The van der Waals surface area contributed by atoms with Crippen molar-refractivity contribution in [1.82, 2.24) is 15.5 Å². The Morgan fingerprint density at radius 1 is 1.17 bits per heavy atom. The van der Waals surface area contributed by atoms with Crippen molar-refractivity contribution in [2.24, 2.45) is 5.73 Å². The number of nitrogens with one attached hydrogen (secondary N) is 2. The smallest absolute Gasteiger partial charge is 0.407 e. The van der Waals surface area contributed by atoms with Crippen LogP contribution in [0.25, 0.3) is 0 Å². The van der Waals surface area contributed by atoms with Crippen LogP contribution in [0.3, 0.4) is 0 Å². The number of hydrogen-bond donors (Lipinski definition) is 4. The molecule has 1 rings (SSSR count). The molecule has 1 aliphatic heterocycles. The molecule has 0 aromatic carbocycles. The summed E-state index contributed by atoms with van der Waals surface area (Å²) >= 11 is 0. The van der Waals surface area contributed by atoms with E-state index in [-0.39, 0.29) is 31.8 Å². The third-order valence-electron chi connectivity index (χ3n) is 4.67. The molecule has 5 N–H and O–H groups in total. The van der Waals surface area contributed by atoms with Gasteiger partial charge in [-0.1, -0.05) is 55.0 Å². The molecule has 1 saturated heterocycles. The van der Waals surface area contributed by atoms with E-state index in [2.05, 4.69) is 22.5 Å². The van der Waals surface area contributed by atoms with Crippen molar-refractivity contribution in [3.63, 3.8) is 0 Å². The van der Waals surface area contributed by atoms with E-state index >= 15 is 0 Å². The molecule has 0 bridgehead atoms. The van der Waals surface area contributed by atoms with E-state index in [1.165, 1.54) is 43.2 Å². The summed E-state index contributed by atoms with van der Waals surface area (Å²) in [5.74, 6) is 6.74. The van der Waals surface area contributed by atoms with Gasteiger partial charge in [0.2, 0.25) is 0 Å². The van der Waals surface area contributed by atoms with Gasteiger partial charge in [-0.3, -0.25) is 9.69 Å². The summed E-state index contributed by atoms with van der Waals surface area (Å²) in [6.07, 6.45) is 0.652. The maximum atomic E-state index is 12.0. The summed E-state index contributed by atoms with van der Waals surface area (Å²) in [5.41, 5.74) is 4.87. The molecule has 3 atom stereocenters. The quantitative estimate of drug-likeness (QED) is 0.0477. The molecular weight excluding hydrogens is 617 g/mol. The number of amides is 4. The van der Waals surface area contributed by atoms with Crippen molar-refractivity contribution in [2.75, 3.05) is 50.0 Å². The van der Waals surface area contributed by atoms with Gasteiger partial charge in [-0.25, -0.2) is 14.4 Å². The van der Waals surface area contributed by atoms with Gasteiger partial charge >= 0.3 is 18.2 Å². The second-order valence-electron chi connectivity index (χ2n) is 8.97. The number of aliphatic hydroxyl groups is 1. The molecule has 0 aliphatic carbocycles. The maximum Gasteiger partial charge on any atom is 0.407 e. The fourth-order valence-corrected chi connectivity index (χ4v) is 5.53. The Morgan fingerprint density at radius 3 is 2.54 bits per heavy atom. The van der Waals surface area contributed by atoms with E-state index in [0.29, 0.717) is 30.3 Å². The molecule has 0 saturated carbocycles. The van der Waals surface area contributed by atoms with E-state index in [0.717, 1.165) is 11.1 Å². The van der Waals surface area contributed by atoms with E-state index in [1.807, 2.05) is 6.26 Å². The predicted octanol–water partition coefficient (Wildman–Crippen LogP) is 2.55. The second kappa shape index (κ2) is 20.9. The van der Waals surface area contributed by atoms with Crippen molar-refractivity contribution >= 4 is 67.7 Å². The number of primary amides is 1. The molecule has 41 heavy (non-hydrogen) atoms. The minimum atomic E-state index is -0.871. The van der Waals surface area contributed by atoms with Crippen molar-refractivity contribution in [3.8, 4) is 11.8 Å². The molecular formula is C24H38N4O9S4. The number of nitrogens with zero attached hydrogens (tertiary/aromatic N) is 1. The van der Waals surface area contributed by atoms with Gasteiger partial charge in [-0.2, -0.15) is 0 Å². The molecule has 232 valence electrons. The number of carbonyl (C=O) groups excluding carboxylic acids is 4. The number of hydrogen-bond acceptors (Lipinski definition) is 13. The molecule has 0 aromatic rings. The predicted molar refractivity (Wildman–Crippen MR) is 163 cm³/mol. The third-order valence-corrected chi connectivity index (χ3v) is 8.50. The highest BCUT2D eigenvalue weighted by Gasteiger charge is 2.39. The number of alkyl carbamates (subject to hydrolysis) is 2. The topological polar surface area (TPSA) is 179 Å². The molecule has 0 spiro atoms. The summed E-state index contributed by atoms with van der Waals surface area (Å²) in [5, 5.41) is 14.7. The number of allylic oxidation sites excluding steroid dienone is 1. The summed E-state index contributed by atoms with van der Waals surface area (Å²) in [4.78, 5) is 48.0.